The van der Waals surface area contributed by atoms with E-state index in [-0.39, 0.29) is 12.1 Å². The maximum atomic E-state index is 9.52. The van der Waals surface area contributed by atoms with Crippen LogP contribution in [0.2, 0.25) is 5.02 Å². The quantitative estimate of drug-likeness (QED) is 0.865. The van der Waals surface area contributed by atoms with Gasteiger partial charge in [0.25, 0.3) is 0 Å². The van der Waals surface area contributed by atoms with Crippen LogP contribution >= 0.6 is 11.6 Å². The number of hydrogen-bond donors (Lipinski definition) is 2. The van der Waals surface area contributed by atoms with Gasteiger partial charge < -0.3 is 10.4 Å². The lowest BCUT2D eigenvalue weighted by molar-refractivity contribution is 0.162. The molecule has 0 spiro atoms. The molecule has 2 N–H and O–H groups in total. The standard InChI is InChI=1S/C12H20ClN3O/c1-9-11(13)10(16(2)15-9)7-14-12(8-17)5-3-4-6-12/h14,17H,3-8H2,1-2H3. The molecule has 0 unspecified atom stereocenters. The van der Waals surface area contributed by atoms with Crippen LogP contribution in [0.4, 0.5) is 0 Å². The van der Waals surface area contributed by atoms with Crippen molar-refractivity contribution in [2.24, 2.45) is 7.05 Å². The fraction of sp³-hybridized carbons (Fsp3) is 0.750. The Morgan fingerprint density at radius 3 is 2.59 bits per heavy atom. The monoisotopic (exact) mass is 257 g/mol. The Balaban J connectivity index is 2.06. The summed E-state index contributed by atoms with van der Waals surface area (Å²) in [6, 6.07) is 0. The van der Waals surface area contributed by atoms with Crippen molar-refractivity contribution in [3.63, 3.8) is 0 Å². The molecule has 0 radical (unpaired) electrons. The van der Waals surface area contributed by atoms with E-state index in [0.29, 0.717) is 6.54 Å². The second-order valence-electron chi connectivity index (χ2n) is 4.97. The Hall–Kier alpha value is -0.580. The van der Waals surface area contributed by atoms with E-state index >= 15 is 0 Å². The largest absolute Gasteiger partial charge is 0.394 e. The van der Waals surface area contributed by atoms with E-state index in [1.54, 1.807) is 0 Å². The normalized spacial score (nSPS) is 18.8. The molecule has 0 amide bonds. The molecule has 1 aliphatic rings. The van der Waals surface area contributed by atoms with E-state index in [2.05, 4.69) is 10.4 Å². The maximum absolute atomic E-state index is 9.52. The van der Waals surface area contributed by atoms with Crippen molar-refractivity contribution in [1.82, 2.24) is 15.1 Å². The second-order valence-corrected chi connectivity index (χ2v) is 5.35. The summed E-state index contributed by atoms with van der Waals surface area (Å²) in [5.74, 6) is 0. The molecular weight excluding hydrogens is 238 g/mol. The highest BCUT2D eigenvalue weighted by molar-refractivity contribution is 6.31. The van der Waals surface area contributed by atoms with Gasteiger partial charge in [-0.05, 0) is 19.8 Å². The van der Waals surface area contributed by atoms with E-state index < -0.39 is 0 Å². The molecule has 96 valence electrons. The minimum absolute atomic E-state index is 0.110. The van der Waals surface area contributed by atoms with Crippen LogP contribution in [-0.2, 0) is 13.6 Å². The van der Waals surface area contributed by atoms with Gasteiger partial charge in [0.1, 0.15) is 0 Å². The summed E-state index contributed by atoms with van der Waals surface area (Å²) in [6.45, 7) is 2.77. The predicted octanol–water partition coefficient (Wildman–Crippen LogP) is 1.78. The molecule has 1 aromatic rings. The van der Waals surface area contributed by atoms with Crippen LogP contribution in [0.1, 0.15) is 37.1 Å². The molecule has 1 aliphatic carbocycles. The number of nitrogens with one attached hydrogen (secondary N) is 1. The van der Waals surface area contributed by atoms with Crippen molar-refractivity contribution < 1.29 is 5.11 Å². The van der Waals surface area contributed by atoms with Gasteiger partial charge in [-0.2, -0.15) is 5.10 Å². The first-order chi connectivity index (χ1) is 8.08. The summed E-state index contributed by atoms with van der Waals surface area (Å²) < 4.78 is 1.81. The topological polar surface area (TPSA) is 50.1 Å². The Kier molecular flexibility index (Phi) is 3.76. The summed E-state index contributed by atoms with van der Waals surface area (Å²) in [7, 11) is 1.90. The summed E-state index contributed by atoms with van der Waals surface area (Å²) in [5.41, 5.74) is 1.74. The Morgan fingerprint density at radius 1 is 1.47 bits per heavy atom. The highest BCUT2D eigenvalue weighted by Crippen LogP contribution is 2.30. The molecule has 1 saturated carbocycles. The minimum atomic E-state index is -0.110. The number of aliphatic hydroxyl groups is 1. The predicted molar refractivity (Wildman–Crippen MR) is 68.1 cm³/mol. The lowest BCUT2D eigenvalue weighted by Crippen LogP contribution is -2.45. The molecule has 1 fully saturated rings. The van der Waals surface area contributed by atoms with Gasteiger partial charge in [0, 0.05) is 19.1 Å². The zero-order valence-electron chi connectivity index (χ0n) is 10.5. The van der Waals surface area contributed by atoms with Crippen molar-refractivity contribution in [3.8, 4) is 0 Å². The Bertz CT molecular complexity index is 397. The van der Waals surface area contributed by atoms with Gasteiger partial charge in [0.15, 0.2) is 0 Å². The summed E-state index contributed by atoms with van der Waals surface area (Å²) >= 11 is 6.20. The molecule has 4 nitrogen and oxygen atoms in total. The number of aliphatic hydroxyl groups excluding tert-OH is 1. The first kappa shape index (κ1) is 12.9. The molecule has 1 heterocycles. The van der Waals surface area contributed by atoms with E-state index in [1.807, 2.05) is 18.7 Å². The molecule has 0 saturated heterocycles. The molecule has 1 aromatic heterocycles. The highest BCUT2D eigenvalue weighted by Gasteiger charge is 2.32. The van der Waals surface area contributed by atoms with Gasteiger partial charge in [-0.3, -0.25) is 4.68 Å². The number of aryl methyl sites for hydroxylation is 2. The number of nitrogens with zero attached hydrogens (tertiary/aromatic N) is 2. The van der Waals surface area contributed by atoms with Gasteiger partial charge in [0.05, 0.1) is 23.0 Å². The average molecular weight is 258 g/mol. The van der Waals surface area contributed by atoms with Crippen molar-refractivity contribution >= 4 is 11.6 Å². The van der Waals surface area contributed by atoms with Crippen LogP contribution in [0.25, 0.3) is 0 Å². The zero-order chi connectivity index (χ0) is 12.5. The molecule has 0 atom stereocenters. The van der Waals surface area contributed by atoms with E-state index in [9.17, 15) is 5.11 Å². The molecule has 17 heavy (non-hydrogen) atoms. The molecule has 0 bridgehead atoms. The number of hydrogen-bond acceptors (Lipinski definition) is 3. The lowest BCUT2D eigenvalue weighted by Gasteiger charge is -2.28. The molecule has 2 rings (SSSR count). The third-order valence-corrected chi connectivity index (χ3v) is 4.25. The third-order valence-electron chi connectivity index (χ3n) is 3.76. The third kappa shape index (κ3) is 2.49. The molecular formula is C12H20ClN3O. The summed E-state index contributed by atoms with van der Waals surface area (Å²) in [4.78, 5) is 0. The molecule has 0 aromatic carbocycles. The lowest BCUT2D eigenvalue weighted by atomic mass is 9.99. The van der Waals surface area contributed by atoms with Crippen LogP contribution in [0, 0.1) is 6.92 Å². The van der Waals surface area contributed by atoms with Crippen LogP contribution in [0.5, 0.6) is 0 Å². The fourth-order valence-corrected chi connectivity index (χ4v) is 2.81. The average Bonchev–Trinajstić information content (AvgIpc) is 2.86. The van der Waals surface area contributed by atoms with Gasteiger partial charge in [-0.1, -0.05) is 24.4 Å². The Morgan fingerprint density at radius 2 is 2.12 bits per heavy atom. The van der Waals surface area contributed by atoms with E-state index in [0.717, 1.165) is 29.3 Å². The van der Waals surface area contributed by atoms with E-state index in [4.69, 9.17) is 11.6 Å². The number of aromatic nitrogens is 2. The first-order valence-electron chi connectivity index (χ1n) is 6.12. The first-order valence-corrected chi connectivity index (χ1v) is 6.50. The van der Waals surface area contributed by atoms with E-state index in [1.165, 1.54) is 12.8 Å². The molecule has 0 aliphatic heterocycles. The van der Waals surface area contributed by atoms with Crippen LogP contribution < -0.4 is 5.32 Å². The fourth-order valence-electron chi connectivity index (χ4n) is 2.59. The van der Waals surface area contributed by atoms with Crippen molar-refractivity contribution in [2.45, 2.75) is 44.7 Å². The van der Waals surface area contributed by atoms with Crippen molar-refractivity contribution in [1.29, 1.82) is 0 Å². The summed E-state index contributed by atoms with van der Waals surface area (Å²) in [5, 5.41) is 18.0. The summed E-state index contributed by atoms with van der Waals surface area (Å²) in [6.07, 6.45) is 4.45. The van der Waals surface area contributed by atoms with Gasteiger partial charge >= 0.3 is 0 Å². The van der Waals surface area contributed by atoms with Crippen LogP contribution in [-0.4, -0.2) is 27.0 Å². The van der Waals surface area contributed by atoms with Gasteiger partial charge in [-0.25, -0.2) is 0 Å². The highest BCUT2D eigenvalue weighted by atomic mass is 35.5. The maximum Gasteiger partial charge on any atom is 0.0860 e. The molecule has 5 heteroatoms. The van der Waals surface area contributed by atoms with Crippen LogP contribution in [0.3, 0.4) is 0 Å². The SMILES string of the molecule is Cc1nn(C)c(CNC2(CO)CCCC2)c1Cl. The van der Waals surface area contributed by atoms with Crippen molar-refractivity contribution in [3.05, 3.63) is 16.4 Å². The number of halogens is 1. The number of rotatable bonds is 4. The van der Waals surface area contributed by atoms with Crippen molar-refractivity contribution in [2.75, 3.05) is 6.61 Å². The minimum Gasteiger partial charge on any atom is -0.394 e. The van der Waals surface area contributed by atoms with Gasteiger partial charge in [0.2, 0.25) is 0 Å². The van der Waals surface area contributed by atoms with Crippen LogP contribution in [0.15, 0.2) is 0 Å². The Labute approximate surface area is 107 Å². The van der Waals surface area contributed by atoms with Gasteiger partial charge in [-0.15, -0.1) is 0 Å². The smallest absolute Gasteiger partial charge is 0.0860 e. The second kappa shape index (κ2) is 4.96. The zero-order valence-corrected chi connectivity index (χ0v) is 11.2.